The molecule has 1 fully saturated rings. The van der Waals surface area contributed by atoms with E-state index in [1.807, 2.05) is 13.1 Å². The highest BCUT2D eigenvalue weighted by Crippen LogP contribution is 2.28. The normalized spacial score (nSPS) is 20.4. The van der Waals surface area contributed by atoms with Crippen LogP contribution in [0, 0.1) is 0 Å². The Labute approximate surface area is 93.3 Å². The summed E-state index contributed by atoms with van der Waals surface area (Å²) in [6, 6.07) is 1.89. The lowest BCUT2D eigenvalue weighted by Gasteiger charge is -2.00. The molecule has 3 rings (SSSR count). The molecule has 1 aliphatic heterocycles. The third-order valence-corrected chi connectivity index (χ3v) is 2.99. The molecule has 0 spiro atoms. The molecule has 1 saturated heterocycles. The highest BCUT2D eigenvalue weighted by Gasteiger charge is 2.22. The number of hydrogen-bond acceptors (Lipinski definition) is 5. The third kappa shape index (κ3) is 1.44. The number of hydrogen-bond donors (Lipinski definition) is 2. The van der Waals surface area contributed by atoms with Crippen LogP contribution < -0.4 is 10.6 Å². The average Bonchev–Trinajstić information content (AvgIpc) is 2.96. The highest BCUT2D eigenvalue weighted by molar-refractivity contribution is 5.82. The van der Waals surface area contributed by atoms with Crippen molar-refractivity contribution in [3.63, 3.8) is 0 Å². The molecule has 16 heavy (non-hydrogen) atoms. The van der Waals surface area contributed by atoms with Gasteiger partial charge in [-0.05, 0) is 19.0 Å². The molecular weight excluding hydrogens is 204 g/mol. The number of rotatable bonds is 2. The molecule has 2 aromatic rings. The fraction of sp³-hybridized carbons (Fsp3) is 0.455. The van der Waals surface area contributed by atoms with E-state index in [0.717, 1.165) is 36.7 Å². The monoisotopic (exact) mass is 218 g/mol. The molecule has 0 saturated carbocycles. The Morgan fingerprint density at radius 3 is 3.25 bits per heavy atom. The number of fused-ring (bicyclic) bond motifs is 1. The third-order valence-electron chi connectivity index (χ3n) is 2.99. The lowest BCUT2D eigenvalue weighted by molar-refractivity contribution is 0.486. The molecule has 5 heteroatoms. The molecule has 1 atom stereocenters. The summed E-state index contributed by atoms with van der Waals surface area (Å²) in [7, 11) is 1.87. The number of pyridine rings is 1. The van der Waals surface area contributed by atoms with Crippen LogP contribution in [-0.4, -0.2) is 30.1 Å². The van der Waals surface area contributed by atoms with Crippen LogP contribution in [0.4, 0.5) is 5.69 Å². The maximum Gasteiger partial charge on any atom is 0.201 e. The van der Waals surface area contributed by atoms with E-state index in [0.29, 0.717) is 11.6 Å². The molecule has 0 radical (unpaired) electrons. The first kappa shape index (κ1) is 9.59. The summed E-state index contributed by atoms with van der Waals surface area (Å²) in [4.78, 5) is 8.66. The molecule has 3 heterocycles. The van der Waals surface area contributed by atoms with Crippen LogP contribution in [0.3, 0.4) is 0 Å². The zero-order valence-corrected chi connectivity index (χ0v) is 9.16. The van der Waals surface area contributed by atoms with E-state index in [1.54, 1.807) is 6.20 Å². The summed E-state index contributed by atoms with van der Waals surface area (Å²) in [6.45, 7) is 1.98. The first-order chi connectivity index (χ1) is 7.88. The van der Waals surface area contributed by atoms with Crippen molar-refractivity contribution >= 4 is 16.9 Å². The minimum absolute atomic E-state index is 0.388. The highest BCUT2D eigenvalue weighted by atomic mass is 16.4. The fourth-order valence-corrected chi connectivity index (χ4v) is 2.09. The molecule has 5 nitrogen and oxygen atoms in total. The fourth-order valence-electron chi connectivity index (χ4n) is 2.09. The summed E-state index contributed by atoms with van der Waals surface area (Å²) in [5.41, 5.74) is 2.38. The Kier molecular flexibility index (Phi) is 2.25. The number of nitrogens with zero attached hydrogens (tertiary/aromatic N) is 2. The minimum Gasteiger partial charge on any atom is -0.436 e. The van der Waals surface area contributed by atoms with Gasteiger partial charge in [0.15, 0.2) is 5.58 Å². The van der Waals surface area contributed by atoms with E-state index in [-0.39, 0.29) is 0 Å². The van der Waals surface area contributed by atoms with Crippen molar-refractivity contribution in [3.8, 4) is 0 Å². The van der Waals surface area contributed by atoms with E-state index in [9.17, 15) is 0 Å². The van der Waals surface area contributed by atoms with E-state index in [2.05, 4.69) is 20.6 Å². The van der Waals surface area contributed by atoms with Gasteiger partial charge < -0.3 is 15.1 Å². The van der Waals surface area contributed by atoms with Crippen molar-refractivity contribution in [1.29, 1.82) is 0 Å². The standard InChI is InChI=1S/C11H14N4O/c1-12-8-3-5-14-10-9(8)16-11(15-10)7-2-4-13-6-7/h3,5,7,13H,2,4,6H2,1H3,(H,12,14). The maximum atomic E-state index is 5.80. The van der Waals surface area contributed by atoms with Crippen molar-refractivity contribution < 1.29 is 4.42 Å². The van der Waals surface area contributed by atoms with E-state index in [1.165, 1.54) is 0 Å². The van der Waals surface area contributed by atoms with Crippen LogP contribution >= 0.6 is 0 Å². The van der Waals surface area contributed by atoms with Gasteiger partial charge in [0.1, 0.15) is 0 Å². The van der Waals surface area contributed by atoms with Crippen LogP contribution in [-0.2, 0) is 0 Å². The van der Waals surface area contributed by atoms with Crippen LogP contribution in [0.25, 0.3) is 11.2 Å². The molecule has 1 unspecified atom stereocenters. The van der Waals surface area contributed by atoms with E-state index < -0.39 is 0 Å². The van der Waals surface area contributed by atoms with Gasteiger partial charge in [0.25, 0.3) is 0 Å². The number of anilines is 1. The van der Waals surface area contributed by atoms with Gasteiger partial charge in [-0.1, -0.05) is 0 Å². The van der Waals surface area contributed by atoms with Gasteiger partial charge in [-0.3, -0.25) is 0 Å². The van der Waals surface area contributed by atoms with E-state index >= 15 is 0 Å². The molecule has 2 aromatic heterocycles. The maximum absolute atomic E-state index is 5.80. The molecule has 0 aromatic carbocycles. The van der Waals surface area contributed by atoms with Crippen LogP contribution in [0.1, 0.15) is 18.2 Å². The van der Waals surface area contributed by atoms with Crippen LogP contribution in [0.2, 0.25) is 0 Å². The molecule has 0 aliphatic carbocycles. The predicted molar refractivity (Wildman–Crippen MR) is 61.6 cm³/mol. The lowest BCUT2D eigenvalue weighted by Crippen LogP contribution is -2.07. The second-order valence-electron chi connectivity index (χ2n) is 4.00. The summed E-state index contributed by atoms with van der Waals surface area (Å²) >= 11 is 0. The summed E-state index contributed by atoms with van der Waals surface area (Å²) in [5.74, 6) is 1.19. The number of nitrogens with one attached hydrogen (secondary N) is 2. The van der Waals surface area contributed by atoms with Crippen molar-refractivity contribution in [2.24, 2.45) is 0 Å². The predicted octanol–water partition coefficient (Wildman–Crippen LogP) is 1.34. The first-order valence-corrected chi connectivity index (χ1v) is 5.52. The lowest BCUT2D eigenvalue weighted by atomic mass is 10.1. The van der Waals surface area contributed by atoms with Gasteiger partial charge in [-0.25, -0.2) is 4.98 Å². The Morgan fingerprint density at radius 2 is 2.50 bits per heavy atom. The van der Waals surface area contributed by atoms with E-state index in [4.69, 9.17) is 4.42 Å². The van der Waals surface area contributed by atoms with Gasteiger partial charge >= 0.3 is 0 Å². The molecule has 0 bridgehead atoms. The Morgan fingerprint density at radius 1 is 1.56 bits per heavy atom. The van der Waals surface area contributed by atoms with Crippen LogP contribution in [0.5, 0.6) is 0 Å². The van der Waals surface area contributed by atoms with Crippen molar-refractivity contribution in [3.05, 3.63) is 18.2 Å². The van der Waals surface area contributed by atoms with Crippen molar-refractivity contribution in [1.82, 2.24) is 15.3 Å². The van der Waals surface area contributed by atoms with Crippen LogP contribution in [0.15, 0.2) is 16.7 Å². The quantitative estimate of drug-likeness (QED) is 0.796. The van der Waals surface area contributed by atoms with Gasteiger partial charge in [0.05, 0.1) is 5.69 Å². The number of aromatic nitrogens is 2. The average molecular weight is 218 g/mol. The molecule has 0 amide bonds. The first-order valence-electron chi connectivity index (χ1n) is 5.52. The molecule has 1 aliphatic rings. The Bertz CT molecular complexity index is 502. The second-order valence-corrected chi connectivity index (χ2v) is 4.00. The van der Waals surface area contributed by atoms with Gasteiger partial charge in [-0.15, -0.1) is 0 Å². The van der Waals surface area contributed by atoms with Gasteiger partial charge in [0, 0.05) is 25.7 Å². The SMILES string of the molecule is CNc1ccnc2nc(C3CCNC3)oc12. The zero-order valence-electron chi connectivity index (χ0n) is 9.16. The summed E-state index contributed by atoms with van der Waals surface area (Å²) in [5, 5.41) is 6.39. The largest absolute Gasteiger partial charge is 0.436 e. The van der Waals surface area contributed by atoms with Gasteiger partial charge in [-0.2, -0.15) is 4.98 Å². The molecule has 84 valence electrons. The van der Waals surface area contributed by atoms with Crippen molar-refractivity contribution in [2.75, 3.05) is 25.5 Å². The Balaban J connectivity index is 2.07. The molecular formula is C11H14N4O. The smallest absolute Gasteiger partial charge is 0.201 e. The summed E-state index contributed by atoms with van der Waals surface area (Å²) < 4.78 is 5.80. The second kappa shape index (κ2) is 3.75. The van der Waals surface area contributed by atoms with Crippen molar-refractivity contribution in [2.45, 2.75) is 12.3 Å². The molecule has 2 N–H and O–H groups in total. The summed E-state index contributed by atoms with van der Waals surface area (Å²) in [6.07, 6.45) is 2.83. The zero-order chi connectivity index (χ0) is 11.0. The topological polar surface area (TPSA) is 63.0 Å². The Hall–Kier alpha value is -1.62. The number of oxazole rings is 1. The minimum atomic E-state index is 0.388. The van der Waals surface area contributed by atoms with Gasteiger partial charge in [0.2, 0.25) is 11.5 Å².